The van der Waals surface area contributed by atoms with Gasteiger partial charge in [-0.15, -0.1) is 0 Å². The Balaban J connectivity index is 0.00000231. The van der Waals surface area contributed by atoms with Crippen LogP contribution in [0.25, 0.3) is 10.9 Å². The number of hydrogen-bond acceptors (Lipinski definition) is 4. The van der Waals surface area contributed by atoms with Crippen LogP contribution in [-0.2, 0) is 15.6 Å². The summed E-state index contributed by atoms with van der Waals surface area (Å²) in [6, 6.07) is 13.8. The number of amides is 1. The number of aliphatic hydroxyl groups excluding tert-OH is 1. The zero-order valence-corrected chi connectivity index (χ0v) is 17.2. The summed E-state index contributed by atoms with van der Waals surface area (Å²) in [6.07, 6.45) is 2.33. The molecule has 5 rings (SSSR count). The van der Waals surface area contributed by atoms with Gasteiger partial charge in [0.2, 0.25) is 12.7 Å². The Morgan fingerprint density at radius 1 is 1.17 bits per heavy atom. The number of H-pyrrole nitrogens is 1. The van der Waals surface area contributed by atoms with Crippen LogP contribution in [0.15, 0.2) is 42.5 Å². The standard InChI is InChI=1S/C24H26N2O4.H2/c1-23(2,9-10-27)21-12-15-11-17(4-5-18(15)26-21)25-22(28)24(7-8-24)16-3-6-19-20(13-16)30-14-29-19;/h3-6,11-13,26-27H,7-10,14H2,1-2H3,(H,25,28);1H. The van der Waals surface area contributed by atoms with E-state index in [0.29, 0.717) is 12.2 Å². The van der Waals surface area contributed by atoms with Gasteiger partial charge in [0, 0.05) is 35.7 Å². The molecule has 0 radical (unpaired) electrons. The largest absolute Gasteiger partial charge is 0.454 e. The molecule has 0 bridgehead atoms. The van der Waals surface area contributed by atoms with Gasteiger partial charge in [0.25, 0.3) is 0 Å². The van der Waals surface area contributed by atoms with Crippen molar-refractivity contribution in [3.8, 4) is 11.5 Å². The minimum Gasteiger partial charge on any atom is -0.454 e. The molecule has 6 heteroatoms. The molecule has 1 aromatic heterocycles. The van der Waals surface area contributed by atoms with Gasteiger partial charge in [-0.3, -0.25) is 4.79 Å². The predicted octanol–water partition coefficient (Wildman–Crippen LogP) is 4.47. The lowest BCUT2D eigenvalue weighted by Crippen LogP contribution is -2.27. The van der Waals surface area contributed by atoms with Gasteiger partial charge < -0.3 is 24.9 Å². The molecule has 3 N–H and O–H groups in total. The van der Waals surface area contributed by atoms with Crippen molar-refractivity contribution in [2.75, 3.05) is 18.7 Å². The van der Waals surface area contributed by atoms with Crippen molar-refractivity contribution in [3.05, 3.63) is 53.7 Å². The molecule has 0 unspecified atom stereocenters. The summed E-state index contributed by atoms with van der Waals surface area (Å²) >= 11 is 0. The van der Waals surface area contributed by atoms with E-state index >= 15 is 0 Å². The number of carbonyl (C=O) groups excluding carboxylic acids is 1. The van der Waals surface area contributed by atoms with Crippen molar-refractivity contribution < 1.29 is 20.8 Å². The summed E-state index contributed by atoms with van der Waals surface area (Å²) in [5.41, 5.74) is 3.21. The molecule has 0 spiro atoms. The maximum Gasteiger partial charge on any atom is 0.235 e. The number of aliphatic hydroxyl groups is 1. The van der Waals surface area contributed by atoms with Crippen LogP contribution in [0.3, 0.4) is 0 Å². The van der Waals surface area contributed by atoms with E-state index in [1.54, 1.807) is 0 Å². The summed E-state index contributed by atoms with van der Waals surface area (Å²) in [5.74, 6) is 1.45. The molecule has 0 atom stereocenters. The lowest BCUT2D eigenvalue weighted by atomic mass is 9.86. The second kappa shape index (κ2) is 6.77. The van der Waals surface area contributed by atoms with E-state index in [1.807, 2.05) is 36.4 Å². The Labute approximate surface area is 176 Å². The molecule has 2 aromatic carbocycles. The number of fused-ring (bicyclic) bond motifs is 2. The topological polar surface area (TPSA) is 83.6 Å². The first kappa shape index (κ1) is 19.0. The molecule has 158 valence electrons. The van der Waals surface area contributed by atoms with Gasteiger partial charge in [-0.25, -0.2) is 0 Å². The maximum absolute atomic E-state index is 13.2. The minimum atomic E-state index is -0.498. The monoisotopic (exact) mass is 408 g/mol. The number of carbonyl (C=O) groups is 1. The summed E-state index contributed by atoms with van der Waals surface area (Å²) in [5, 5.41) is 13.5. The lowest BCUT2D eigenvalue weighted by Gasteiger charge is -2.21. The minimum absolute atomic E-state index is 0. The molecular formula is C24H28N2O4. The molecule has 3 aromatic rings. The van der Waals surface area contributed by atoms with Gasteiger partial charge >= 0.3 is 0 Å². The molecule has 6 nitrogen and oxygen atoms in total. The van der Waals surface area contributed by atoms with Gasteiger partial charge in [0.1, 0.15) is 0 Å². The van der Waals surface area contributed by atoms with Crippen LogP contribution in [-0.4, -0.2) is 29.4 Å². The van der Waals surface area contributed by atoms with E-state index in [2.05, 4.69) is 30.2 Å². The Kier molecular flexibility index (Phi) is 4.29. The highest BCUT2D eigenvalue weighted by atomic mass is 16.7. The van der Waals surface area contributed by atoms with Crippen molar-refractivity contribution in [1.82, 2.24) is 4.98 Å². The smallest absolute Gasteiger partial charge is 0.235 e. The maximum atomic E-state index is 13.2. The van der Waals surface area contributed by atoms with Gasteiger partial charge in [-0.05, 0) is 61.2 Å². The SMILES string of the molecule is CC(C)(CCO)c1cc2cc(NC(=O)C3(c4ccc5c(c4)OCO5)CC3)ccc2[nH]1.[HH]. The van der Waals surface area contributed by atoms with E-state index < -0.39 is 5.41 Å². The van der Waals surface area contributed by atoms with E-state index in [9.17, 15) is 9.90 Å². The normalized spacial score (nSPS) is 16.6. The second-order valence-corrected chi connectivity index (χ2v) is 8.95. The number of hydrogen-bond donors (Lipinski definition) is 3. The first-order valence-electron chi connectivity index (χ1n) is 10.4. The fourth-order valence-corrected chi connectivity index (χ4v) is 4.21. The number of aromatic nitrogens is 1. The van der Waals surface area contributed by atoms with E-state index in [4.69, 9.17) is 9.47 Å². The number of aromatic amines is 1. The highest BCUT2D eigenvalue weighted by Gasteiger charge is 2.51. The van der Waals surface area contributed by atoms with Gasteiger partial charge in [0.05, 0.1) is 5.41 Å². The first-order valence-corrected chi connectivity index (χ1v) is 10.4. The van der Waals surface area contributed by atoms with Crippen LogP contribution in [0.4, 0.5) is 5.69 Å². The highest BCUT2D eigenvalue weighted by molar-refractivity contribution is 6.02. The third-order valence-corrected chi connectivity index (χ3v) is 6.45. The van der Waals surface area contributed by atoms with E-state index in [-0.39, 0.29) is 26.1 Å². The molecule has 1 amide bonds. The molecule has 2 aliphatic rings. The quantitative estimate of drug-likeness (QED) is 0.562. The van der Waals surface area contributed by atoms with Crippen molar-refractivity contribution >= 4 is 22.5 Å². The van der Waals surface area contributed by atoms with Crippen LogP contribution < -0.4 is 14.8 Å². The average Bonchev–Trinajstić information content (AvgIpc) is 3.19. The number of benzene rings is 2. The zero-order chi connectivity index (χ0) is 20.9. The Morgan fingerprint density at radius 2 is 1.97 bits per heavy atom. The van der Waals surface area contributed by atoms with Gasteiger partial charge in [-0.2, -0.15) is 0 Å². The van der Waals surface area contributed by atoms with Gasteiger partial charge in [0.15, 0.2) is 11.5 Å². The molecule has 1 aliphatic heterocycles. The summed E-state index contributed by atoms with van der Waals surface area (Å²) in [4.78, 5) is 16.6. The van der Waals surface area contributed by atoms with Crippen LogP contribution in [0.5, 0.6) is 11.5 Å². The van der Waals surface area contributed by atoms with Crippen molar-refractivity contribution in [2.45, 2.75) is 43.9 Å². The fourth-order valence-electron chi connectivity index (χ4n) is 4.21. The predicted molar refractivity (Wildman–Crippen MR) is 117 cm³/mol. The molecule has 1 fully saturated rings. The molecule has 1 saturated carbocycles. The van der Waals surface area contributed by atoms with E-state index in [1.165, 1.54) is 0 Å². The Bertz CT molecular complexity index is 1130. The number of ether oxygens (including phenoxy) is 2. The number of nitrogens with one attached hydrogen (secondary N) is 2. The van der Waals surface area contributed by atoms with Crippen LogP contribution >= 0.6 is 0 Å². The van der Waals surface area contributed by atoms with Crippen molar-refractivity contribution in [2.24, 2.45) is 0 Å². The van der Waals surface area contributed by atoms with Crippen LogP contribution in [0, 0.1) is 0 Å². The van der Waals surface area contributed by atoms with Crippen molar-refractivity contribution in [3.63, 3.8) is 0 Å². The molecule has 2 heterocycles. The van der Waals surface area contributed by atoms with E-state index in [0.717, 1.165) is 46.4 Å². The summed E-state index contributed by atoms with van der Waals surface area (Å²) in [6.45, 7) is 4.59. The summed E-state index contributed by atoms with van der Waals surface area (Å²) < 4.78 is 10.9. The second-order valence-electron chi connectivity index (χ2n) is 8.95. The summed E-state index contributed by atoms with van der Waals surface area (Å²) in [7, 11) is 0. The molecule has 1 aliphatic carbocycles. The highest BCUT2D eigenvalue weighted by Crippen LogP contribution is 2.51. The third-order valence-electron chi connectivity index (χ3n) is 6.45. The van der Waals surface area contributed by atoms with Crippen LogP contribution in [0.1, 0.15) is 45.8 Å². The van der Waals surface area contributed by atoms with Crippen LogP contribution in [0.2, 0.25) is 0 Å². The zero-order valence-electron chi connectivity index (χ0n) is 17.2. The van der Waals surface area contributed by atoms with Gasteiger partial charge in [-0.1, -0.05) is 19.9 Å². The number of rotatable bonds is 6. The Hall–Kier alpha value is -2.99. The fraction of sp³-hybridized carbons (Fsp3) is 0.375. The molecule has 30 heavy (non-hydrogen) atoms. The van der Waals surface area contributed by atoms with Crippen molar-refractivity contribution in [1.29, 1.82) is 0 Å². The first-order chi connectivity index (χ1) is 14.4. The Morgan fingerprint density at radius 3 is 2.73 bits per heavy atom. The average molecular weight is 408 g/mol. The lowest BCUT2D eigenvalue weighted by molar-refractivity contribution is -0.118. The molecular weight excluding hydrogens is 380 g/mol. The number of anilines is 1. The third kappa shape index (κ3) is 3.12. The molecule has 0 saturated heterocycles.